The van der Waals surface area contributed by atoms with Gasteiger partial charge in [0.2, 0.25) is 10.0 Å². The predicted molar refractivity (Wildman–Crippen MR) is 135 cm³/mol. The third-order valence-corrected chi connectivity index (χ3v) is 8.89. The van der Waals surface area contributed by atoms with Gasteiger partial charge in [-0.05, 0) is 49.1 Å². The smallest absolute Gasteiger partial charge is 0.261 e. The van der Waals surface area contributed by atoms with Crippen LogP contribution >= 0.6 is 0 Å². The van der Waals surface area contributed by atoms with Gasteiger partial charge in [-0.2, -0.15) is 4.31 Å². The van der Waals surface area contributed by atoms with Crippen molar-refractivity contribution in [2.45, 2.75) is 57.0 Å². The van der Waals surface area contributed by atoms with Gasteiger partial charge in [0.1, 0.15) is 5.82 Å². The highest BCUT2D eigenvalue weighted by Gasteiger charge is 2.36. The van der Waals surface area contributed by atoms with Crippen LogP contribution in [0.4, 0.5) is 0 Å². The van der Waals surface area contributed by atoms with Gasteiger partial charge in [-0.25, -0.2) is 13.4 Å². The Hall–Kier alpha value is -2.55. The fourth-order valence-electron chi connectivity index (χ4n) is 4.71. The van der Waals surface area contributed by atoms with Gasteiger partial charge >= 0.3 is 0 Å². The topological polar surface area (TPSA) is 75.5 Å². The van der Waals surface area contributed by atoms with Crippen LogP contribution in [0.3, 0.4) is 0 Å². The first kappa shape index (κ1) is 24.6. The quantitative estimate of drug-likeness (QED) is 0.567. The number of fused-ring (bicyclic) bond motifs is 1. The lowest BCUT2D eigenvalue weighted by Crippen LogP contribution is -2.54. The second-order valence-electron chi connectivity index (χ2n) is 10.3. The number of aromatic nitrogens is 2. The summed E-state index contributed by atoms with van der Waals surface area (Å²) in [5.41, 5.74) is 1.68. The Bertz CT molecular complexity index is 1360. The first-order valence-corrected chi connectivity index (χ1v) is 13.2. The summed E-state index contributed by atoms with van der Waals surface area (Å²) in [5.74, 6) is 0.685. The number of hydrogen-bond acceptors (Lipinski definition) is 5. The molecular formula is C26H34N4O3S. The van der Waals surface area contributed by atoms with E-state index in [1.54, 1.807) is 34.1 Å². The molecule has 182 valence electrons. The van der Waals surface area contributed by atoms with Crippen LogP contribution in [0.1, 0.15) is 52.0 Å². The molecule has 2 unspecified atom stereocenters. The molecule has 0 bridgehead atoms. The molecular weight excluding hydrogens is 448 g/mol. The Kier molecular flexibility index (Phi) is 6.44. The molecule has 1 aliphatic rings. The monoisotopic (exact) mass is 482 g/mol. The van der Waals surface area contributed by atoms with E-state index >= 15 is 0 Å². The molecule has 2 aromatic carbocycles. The van der Waals surface area contributed by atoms with Gasteiger partial charge < -0.3 is 0 Å². The van der Waals surface area contributed by atoms with Crippen molar-refractivity contribution in [3.05, 3.63) is 70.3 Å². The Morgan fingerprint density at radius 2 is 1.68 bits per heavy atom. The van der Waals surface area contributed by atoms with Crippen molar-refractivity contribution in [2.24, 2.45) is 7.05 Å². The first-order chi connectivity index (χ1) is 15.9. The van der Waals surface area contributed by atoms with Crippen molar-refractivity contribution >= 4 is 20.9 Å². The van der Waals surface area contributed by atoms with Crippen molar-refractivity contribution in [1.29, 1.82) is 0 Å². The van der Waals surface area contributed by atoms with E-state index in [0.717, 1.165) is 5.56 Å². The normalized spacial score (nSPS) is 19.4. The zero-order valence-corrected chi connectivity index (χ0v) is 21.6. The summed E-state index contributed by atoms with van der Waals surface area (Å²) in [6.45, 7) is 11.8. The highest BCUT2D eigenvalue weighted by atomic mass is 32.2. The SMILES string of the molecule is CC(c1nc2ccccc2c(=O)n1C)N1CCN(S(=O)(=O)c2ccc(C(C)(C)C)cc2)C(C)C1. The predicted octanol–water partition coefficient (Wildman–Crippen LogP) is 3.69. The molecule has 0 spiro atoms. The maximum Gasteiger partial charge on any atom is 0.261 e. The van der Waals surface area contributed by atoms with Gasteiger partial charge in [-0.3, -0.25) is 14.3 Å². The number of hydrogen-bond donors (Lipinski definition) is 0. The average Bonchev–Trinajstić information content (AvgIpc) is 2.80. The highest BCUT2D eigenvalue weighted by Crippen LogP contribution is 2.28. The molecule has 0 N–H and O–H groups in total. The van der Waals surface area contributed by atoms with Gasteiger partial charge in [-0.15, -0.1) is 0 Å². The summed E-state index contributed by atoms with van der Waals surface area (Å²) in [4.78, 5) is 20.1. The number of benzene rings is 2. The van der Waals surface area contributed by atoms with Crippen LogP contribution in [-0.4, -0.2) is 52.9 Å². The van der Waals surface area contributed by atoms with Crippen LogP contribution in [0.25, 0.3) is 10.9 Å². The van der Waals surface area contributed by atoms with E-state index in [9.17, 15) is 13.2 Å². The zero-order valence-electron chi connectivity index (χ0n) is 20.8. The minimum absolute atomic E-state index is 0.0335. The lowest BCUT2D eigenvalue weighted by atomic mass is 9.87. The summed E-state index contributed by atoms with van der Waals surface area (Å²) in [5, 5.41) is 0.600. The summed E-state index contributed by atoms with van der Waals surface area (Å²) in [6, 6.07) is 14.3. The molecule has 1 aromatic heterocycles. The number of sulfonamides is 1. The Balaban J connectivity index is 1.55. The van der Waals surface area contributed by atoms with Crippen LogP contribution in [-0.2, 0) is 22.5 Å². The number of rotatable bonds is 4. The van der Waals surface area contributed by atoms with Crippen LogP contribution in [0, 0.1) is 0 Å². The van der Waals surface area contributed by atoms with Crippen LogP contribution in [0.2, 0.25) is 0 Å². The third kappa shape index (κ3) is 4.42. The zero-order chi connectivity index (χ0) is 24.8. The van der Waals surface area contributed by atoms with Gasteiger partial charge in [0.15, 0.2) is 0 Å². The van der Waals surface area contributed by atoms with Gasteiger partial charge in [0, 0.05) is 32.7 Å². The minimum atomic E-state index is -3.60. The second-order valence-corrected chi connectivity index (χ2v) is 12.2. The molecule has 7 nitrogen and oxygen atoms in total. The van der Waals surface area contributed by atoms with Crippen molar-refractivity contribution in [2.75, 3.05) is 19.6 Å². The van der Waals surface area contributed by atoms with Crippen molar-refractivity contribution < 1.29 is 8.42 Å². The number of para-hydroxylation sites is 1. The molecule has 3 aromatic rings. The molecule has 1 saturated heterocycles. The molecule has 4 rings (SSSR count). The van der Waals surface area contributed by atoms with Crippen molar-refractivity contribution in [3.8, 4) is 0 Å². The molecule has 0 amide bonds. The van der Waals surface area contributed by atoms with E-state index in [1.807, 2.05) is 44.2 Å². The van der Waals surface area contributed by atoms with Crippen LogP contribution < -0.4 is 5.56 Å². The Morgan fingerprint density at radius 1 is 1.03 bits per heavy atom. The summed E-state index contributed by atoms with van der Waals surface area (Å²) < 4.78 is 30.0. The summed E-state index contributed by atoms with van der Waals surface area (Å²) >= 11 is 0. The third-order valence-electron chi connectivity index (χ3n) is 6.86. The maximum atomic E-state index is 13.4. The lowest BCUT2D eigenvalue weighted by Gasteiger charge is -2.41. The van der Waals surface area contributed by atoms with E-state index in [4.69, 9.17) is 4.98 Å². The molecule has 8 heteroatoms. The van der Waals surface area contributed by atoms with Crippen molar-refractivity contribution in [3.63, 3.8) is 0 Å². The molecule has 0 saturated carbocycles. The molecule has 2 heterocycles. The average molecular weight is 483 g/mol. The molecule has 1 aliphatic heterocycles. The van der Waals surface area contributed by atoms with Gasteiger partial charge in [-0.1, -0.05) is 45.0 Å². The Labute approximate surface area is 202 Å². The van der Waals surface area contributed by atoms with Crippen LogP contribution in [0.15, 0.2) is 58.2 Å². The summed E-state index contributed by atoms with van der Waals surface area (Å²) in [6.07, 6.45) is 0. The molecule has 0 aliphatic carbocycles. The second kappa shape index (κ2) is 8.91. The molecule has 0 radical (unpaired) electrons. The fourth-order valence-corrected chi connectivity index (χ4v) is 6.33. The van der Waals surface area contributed by atoms with E-state index in [0.29, 0.717) is 41.3 Å². The first-order valence-electron chi connectivity index (χ1n) is 11.7. The van der Waals surface area contributed by atoms with E-state index in [1.165, 1.54) is 0 Å². The van der Waals surface area contributed by atoms with E-state index in [-0.39, 0.29) is 23.1 Å². The lowest BCUT2D eigenvalue weighted by molar-refractivity contribution is 0.104. The largest absolute Gasteiger partial charge is 0.298 e. The molecule has 1 fully saturated rings. The maximum absolute atomic E-state index is 13.4. The van der Waals surface area contributed by atoms with Gasteiger partial charge in [0.25, 0.3) is 5.56 Å². The van der Waals surface area contributed by atoms with E-state index in [2.05, 4.69) is 25.7 Å². The fraction of sp³-hybridized carbons (Fsp3) is 0.462. The molecule has 2 atom stereocenters. The standard InChI is InChI=1S/C26H34N4O3S/c1-18-17-29(19(2)24-27-23-10-8-7-9-22(23)25(31)28(24)6)15-16-30(18)34(32,33)21-13-11-20(12-14-21)26(3,4)5/h7-14,18-19H,15-17H2,1-6H3. The van der Waals surface area contributed by atoms with E-state index < -0.39 is 10.0 Å². The summed E-state index contributed by atoms with van der Waals surface area (Å²) in [7, 11) is -1.85. The number of piperazine rings is 1. The minimum Gasteiger partial charge on any atom is -0.298 e. The van der Waals surface area contributed by atoms with Crippen molar-refractivity contribution in [1.82, 2.24) is 18.8 Å². The van der Waals surface area contributed by atoms with Crippen LogP contribution in [0.5, 0.6) is 0 Å². The number of nitrogens with zero attached hydrogens (tertiary/aromatic N) is 4. The Morgan fingerprint density at radius 3 is 2.29 bits per heavy atom. The highest BCUT2D eigenvalue weighted by molar-refractivity contribution is 7.89. The molecule has 34 heavy (non-hydrogen) atoms. The van der Waals surface area contributed by atoms with Gasteiger partial charge in [0.05, 0.1) is 21.8 Å².